The molecule has 0 saturated carbocycles. The third kappa shape index (κ3) is 4.06. The minimum absolute atomic E-state index is 0.381. The first kappa shape index (κ1) is 14.0. The highest BCUT2D eigenvalue weighted by molar-refractivity contribution is 4.83. The summed E-state index contributed by atoms with van der Waals surface area (Å²) in [7, 11) is 0. The molecular formula is C14H30N2. The summed E-state index contributed by atoms with van der Waals surface area (Å²) in [6.45, 7) is 18.9. The van der Waals surface area contributed by atoms with Gasteiger partial charge in [-0.3, -0.25) is 4.90 Å². The molecule has 1 heterocycles. The lowest BCUT2D eigenvalue weighted by molar-refractivity contribution is 0.0755. The Labute approximate surface area is 102 Å². The maximum Gasteiger partial charge on any atom is 0.0116 e. The molecule has 0 aliphatic carbocycles. The van der Waals surface area contributed by atoms with E-state index in [9.17, 15) is 0 Å². The van der Waals surface area contributed by atoms with E-state index in [1.807, 2.05) is 0 Å². The zero-order valence-electron chi connectivity index (χ0n) is 12.0. The minimum atomic E-state index is 0.381. The molecule has 1 fully saturated rings. The molecular weight excluding hydrogens is 196 g/mol. The Morgan fingerprint density at radius 3 is 1.88 bits per heavy atom. The van der Waals surface area contributed by atoms with Crippen LogP contribution in [0.15, 0.2) is 0 Å². The van der Waals surface area contributed by atoms with Crippen LogP contribution < -0.4 is 5.32 Å². The lowest BCUT2D eigenvalue weighted by Crippen LogP contribution is -2.50. The van der Waals surface area contributed by atoms with Crippen molar-refractivity contribution in [1.82, 2.24) is 10.2 Å². The van der Waals surface area contributed by atoms with E-state index in [0.29, 0.717) is 11.5 Å². The van der Waals surface area contributed by atoms with Crippen molar-refractivity contribution in [2.24, 2.45) is 17.3 Å². The Hall–Kier alpha value is -0.0800. The van der Waals surface area contributed by atoms with Gasteiger partial charge in [0.2, 0.25) is 0 Å². The lowest BCUT2D eigenvalue weighted by Gasteiger charge is -2.41. The molecule has 3 unspecified atom stereocenters. The van der Waals surface area contributed by atoms with E-state index in [1.54, 1.807) is 0 Å². The van der Waals surface area contributed by atoms with Gasteiger partial charge < -0.3 is 5.32 Å². The van der Waals surface area contributed by atoms with Crippen LogP contribution in [0.1, 0.15) is 41.5 Å². The topological polar surface area (TPSA) is 15.3 Å². The quantitative estimate of drug-likeness (QED) is 0.739. The molecule has 16 heavy (non-hydrogen) atoms. The van der Waals surface area contributed by atoms with Gasteiger partial charge in [0.15, 0.2) is 0 Å². The van der Waals surface area contributed by atoms with Gasteiger partial charge in [-0.1, -0.05) is 34.6 Å². The average Bonchev–Trinajstić information content (AvgIpc) is 2.11. The number of hydrogen-bond acceptors (Lipinski definition) is 2. The Balaban J connectivity index is 2.66. The second-order valence-electron chi connectivity index (χ2n) is 6.86. The van der Waals surface area contributed by atoms with Crippen LogP contribution in [0.25, 0.3) is 0 Å². The van der Waals surface area contributed by atoms with Gasteiger partial charge in [-0.15, -0.1) is 0 Å². The van der Waals surface area contributed by atoms with Gasteiger partial charge >= 0.3 is 0 Å². The maximum atomic E-state index is 3.56. The zero-order valence-corrected chi connectivity index (χ0v) is 12.0. The minimum Gasteiger partial charge on any atom is -0.316 e. The molecule has 0 aromatic carbocycles. The van der Waals surface area contributed by atoms with Crippen molar-refractivity contribution in [3.8, 4) is 0 Å². The first-order valence-corrected chi connectivity index (χ1v) is 6.75. The smallest absolute Gasteiger partial charge is 0.0116 e. The van der Waals surface area contributed by atoms with E-state index in [0.717, 1.165) is 24.9 Å². The highest BCUT2D eigenvalue weighted by Crippen LogP contribution is 2.25. The van der Waals surface area contributed by atoms with Crippen molar-refractivity contribution in [1.29, 1.82) is 0 Å². The summed E-state index contributed by atoms with van der Waals surface area (Å²) in [4.78, 5) is 2.69. The second kappa shape index (κ2) is 5.50. The van der Waals surface area contributed by atoms with Crippen LogP contribution in [0.2, 0.25) is 0 Å². The molecule has 0 amide bonds. The molecule has 1 N–H and O–H groups in total. The Morgan fingerprint density at radius 2 is 1.50 bits per heavy atom. The summed E-state index contributed by atoms with van der Waals surface area (Å²) in [5.41, 5.74) is 0.381. The molecule has 1 saturated heterocycles. The Morgan fingerprint density at radius 1 is 1.06 bits per heavy atom. The van der Waals surface area contributed by atoms with Gasteiger partial charge in [0.1, 0.15) is 0 Å². The summed E-state index contributed by atoms with van der Waals surface area (Å²) in [5, 5.41) is 3.56. The van der Waals surface area contributed by atoms with Gasteiger partial charge in [0.25, 0.3) is 0 Å². The van der Waals surface area contributed by atoms with Crippen LogP contribution in [0.5, 0.6) is 0 Å². The Kier molecular flexibility index (Phi) is 4.81. The third-order valence-corrected chi connectivity index (χ3v) is 3.88. The fraction of sp³-hybridized carbons (Fsp3) is 1.00. The van der Waals surface area contributed by atoms with E-state index in [1.165, 1.54) is 13.1 Å². The number of nitrogens with one attached hydrogen (secondary N) is 1. The van der Waals surface area contributed by atoms with E-state index >= 15 is 0 Å². The summed E-state index contributed by atoms with van der Waals surface area (Å²) in [6.07, 6.45) is 0. The summed E-state index contributed by atoms with van der Waals surface area (Å²) in [6, 6.07) is 0.662. The molecule has 3 atom stereocenters. The average molecular weight is 226 g/mol. The molecule has 96 valence electrons. The van der Waals surface area contributed by atoms with Gasteiger partial charge in [0, 0.05) is 19.1 Å². The van der Waals surface area contributed by atoms with Crippen molar-refractivity contribution in [2.45, 2.75) is 47.6 Å². The van der Waals surface area contributed by atoms with E-state index < -0.39 is 0 Å². The first-order valence-electron chi connectivity index (χ1n) is 6.75. The standard InChI is InChI=1S/C14H30N2/c1-11-7-15-8-12(2)10-16(9-11)13(3)14(4,5)6/h11-13,15H,7-10H2,1-6H3. The van der Waals surface area contributed by atoms with Crippen molar-refractivity contribution >= 4 is 0 Å². The number of rotatable bonds is 1. The number of hydrogen-bond donors (Lipinski definition) is 1. The third-order valence-electron chi connectivity index (χ3n) is 3.88. The SMILES string of the molecule is CC1CNCC(C)CN(C(C)C(C)(C)C)C1. The van der Waals surface area contributed by atoms with Gasteiger partial charge in [-0.05, 0) is 37.3 Å². The van der Waals surface area contributed by atoms with Crippen molar-refractivity contribution in [3.63, 3.8) is 0 Å². The highest BCUT2D eigenvalue weighted by Gasteiger charge is 2.28. The largest absolute Gasteiger partial charge is 0.316 e. The molecule has 0 radical (unpaired) electrons. The predicted molar refractivity (Wildman–Crippen MR) is 71.7 cm³/mol. The summed E-state index contributed by atoms with van der Waals surface area (Å²) < 4.78 is 0. The molecule has 0 aromatic rings. The van der Waals surface area contributed by atoms with Crippen LogP contribution in [0, 0.1) is 17.3 Å². The summed E-state index contributed by atoms with van der Waals surface area (Å²) >= 11 is 0. The van der Waals surface area contributed by atoms with Gasteiger partial charge in [-0.25, -0.2) is 0 Å². The normalized spacial score (nSPS) is 31.9. The van der Waals surface area contributed by atoms with E-state index in [4.69, 9.17) is 0 Å². The van der Waals surface area contributed by atoms with E-state index in [2.05, 4.69) is 51.8 Å². The molecule has 0 bridgehead atoms. The monoisotopic (exact) mass is 226 g/mol. The van der Waals surface area contributed by atoms with Crippen molar-refractivity contribution < 1.29 is 0 Å². The molecule has 1 aliphatic heterocycles. The Bertz CT molecular complexity index is 195. The van der Waals surface area contributed by atoms with Crippen LogP contribution in [0.4, 0.5) is 0 Å². The second-order valence-corrected chi connectivity index (χ2v) is 6.86. The molecule has 0 spiro atoms. The first-order chi connectivity index (χ1) is 7.30. The molecule has 1 aliphatic rings. The lowest BCUT2D eigenvalue weighted by atomic mass is 9.85. The zero-order chi connectivity index (χ0) is 12.3. The van der Waals surface area contributed by atoms with Crippen LogP contribution in [-0.4, -0.2) is 37.1 Å². The van der Waals surface area contributed by atoms with Gasteiger partial charge in [-0.2, -0.15) is 0 Å². The molecule has 2 nitrogen and oxygen atoms in total. The fourth-order valence-electron chi connectivity index (χ4n) is 2.44. The van der Waals surface area contributed by atoms with Crippen LogP contribution >= 0.6 is 0 Å². The molecule has 2 heteroatoms. The highest BCUT2D eigenvalue weighted by atomic mass is 15.2. The van der Waals surface area contributed by atoms with Crippen molar-refractivity contribution in [2.75, 3.05) is 26.2 Å². The van der Waals surface area contributed by atoms with Gasteiger partial charge in [0.05, 0.1) is 0 Å². The molecule has 0 aromatic heterocycles. The van der Waals surface area contributed by atoms with E-state index in [-0.39, 0.29) is 0 Å². The van der Waals surface area contributed by atoms with Crippen LogP contribution in [0.3, 0.4) is 0 Å². The molecule has 1 rings (SSSR count). The fourth-order valence-corrected chi connectivity index (χ4v) is 2.44. The number of nitrogens with zero attached hydrogens (tertiary/aromatic N) is 1. The van der Waals surface area contributed by atoms with Crippen molar-refractivity contribution in [3.05, 3.63) is 0 Å². The summed E-state index contributed by atoms with van der Waals surface area (Å²) in [5.74, 6) is 1.52. The van der Waals surface area contributed by atoms with Crippen LogP contribution in [-0.2, 0) is 0 Å². The predicted octanol–water partition coefficient (Wildman–Crippen LogP) is 2.60. The maximum absolute atomic E-state index is 3.56.